The highest BCUT2D eigenvalue weighted by atomic mass is 35.5. The average molecular weight is 285 g/mol. The molecule has 3 nitrogen and oxygen atoms in total. The Balaban J connectivity index is 0.00000133. The summed E-state index contributed by atoms with van der Waals surface area (Å²) in [4.78, 5) is 14.3. The maximum absolute atomic E-state index is 13.1. The predicted octanol–water partition coefficient (Wildman–Crippen LogP) is 1.96. The molecule has 0 bridgehead atoms. The van der Waals surface area contributed by atoms with Crippen LogP contribution in [0.25, 0.3) is 0 Å². The van der Waals surface area contributed by atoms with E-state index >= 15 is 0 Å². The van der Waals surface area contributed by atoms with Gasteiger partial charge in [0.15, 0.2) is 0 Å². The minimum Gasteiger partial charge on any atom is -0.338 e. The highest BCUT2D eigenvalue weighted by Crippen LogP contribution is 2.37. The molecule has 0 radical (unpaired) electrons. The predicted molar refractivity (Wildman–Crippen MR) is 73.6 cm³/mol. The molecule has 1 spiro atoms. The zero-order valence-electron chi connectivity index (χ0n) is 10.7. The SMILES string of the molecule is Cl.O=C1N(Cc2cccc(F)c2)CCC12CCNC2. The number of hydrogen-bond acceptors (Lipinski definition) is 2. The van der Waals surface area contributed by atoms with Gasteiger partial charge < -0.3 is 10.2 Å². The van der Waals surface area contributed by atoms with Gasteiger partial charge in [-0.1, -0.05) is 12.1 Å². The van der Waals surface area contributed by atoms with E-state index in [4.69, 9.17) is 0 Å². The first-order chi connectivity index (χ1) is 8.70. The van der Waals surface area contributed by atoms with Crippen molar-refractivity contribution in [2.75, 3.05) is 19.6 Å². The quantitative estimate of drug-likeness (QED) is 0.900. The van der Waals surface area contributed by atoms with Crippen LogP contribution in [-0.2, 0) is 11.3 Å². The largest absolute Gasteiger partial charge is 0.338 e. The number of likely N-dealkylation sites (tertiary alicyclic amines) is 1. The van der Waals surface area contributed by atoms with Gasteiger partial charge in [0.25, 0.3) is 0 Å². The molecule has 2 aliphatic heterocycles. The van der Waals surface area contributed by atoms with E-state index in [1.54, 1.807) is 6.07 Å². The molecule has 0 aromatic heterocycles. The smallest absolute Gasteiger partial charge is 0.230 e. The molecule has 1 unspecified atom stereocenters. The number of nitrogens with one attached hydrogen (secondary N) is 1. The number of carbonyl (C=O) groups is 1. The van der Waals surface area contributed by atoms with E-state index in [0.29, 0.717) is 6.54 Å². The van der Waals surface area contributed by atoms with Crippen LogP contribution in [0.3, 0.4) is 0 Å². The Bertz CT molecular complexity index is 474. The Labute approximate surface area is 118 Å². The Morgan fingerprint density at radius 3 is 2.89 bits per heavy atom. The molecule has 2 saturated heterocycles. The molecule has 1 atom stereocenters. The third kappa shape index (κ3) is 2.60. The molecule has 0 saturated carbocycles. The van der Waals surface area contributed by atoms with Crippen LogP contribution in [0.2, 0.25) is 0 Å². The fraction of sp³-hybridized carbons (Fsp3) is 0.500. The van der Waals surface area contributed by atoms with Gasteiger partial charge in [-0.25, -0.2) is 4.39 Å². The number of amides is 1. The van der Waals surface area contributed by atoms with Crippen LogP contribution in [0.15, 0.2) is 24.3 Å². The van der Waals surface area contributed by atoms with Crippen molar-refractivity contribution in [3.8, 4) is 0 Å². The molecule has 104 valence electrons. The summed E-state index contributed by atoms with van der Waals surface area (Å²) in [5.74, 6) is -0.00634. The first-order valence-electron chi connectivity index (χ1n) is 6.44. The van der Waals surface area contributed by atoms with Crippen molar-refractivity contribution in [1.82, 2.24) is 10.2 Å². The van der Waals surface area contributed by atoms with Crippen LogP contribution in [0.5, 0.6) is 0 Å². The van der Waals surface area contributed by atoms with Crippen molar-refractivity contribution in [2.24, 2.45) is 5.41 Å². The lowest BCUT2D eigenvalue weighted by Crippen LogP contribution is -2.35. The molecular formula is C14H18ClFN2O. The molecule has 2 fully saturated rings. The second kappa shape index (κ2) is 5.47. The Hall–Kier alpha value is -1.13. The first-order valence-corrected chi connectivity index (χ1v) is 6.44. The number of rotatable bonds is 2. The van der Waals surface area contributed by atoms with E-state index < -0.39 is 0 Å². The average Bonchev–Trinajstić information content (AvgIpc) is 2.93. The molecule has 0 aliphatic carbocycles. The lowest BCUT2D eigenvalue weighted by atomic mass is 9.86. The van der Waals surface area contributed by atoms with Crippen LogP contribution >= 0.6 is 12.4 Å². The Morgan fingerprint density at radius 2 is 2.21 bits per heavy atom. The van der Waals surface area contributed by atoms with Crippen molar-refractivity contribution in [3.63, 3.8) is 0 Å². The minimum absolute atomic E-state index is 0. The van der Waals surface area contributed by atoms with Gasteiger partial charge in [-0.05, 0) is 37.1 Å². The molecule has 1 aromatic carbocycles. The molecule has 1 aromatic rings. The highest BCUT2D eigenvalue weighted by Gasteiger charge is 2.47. The maximum Gasteiger partial charge on any atom is 0.230 e. The lowest BCUT2D eigenvalue weighted by molar-refractivity contribution is -0.135. The molecule has 5 heteroatoms. The molecule has 3 rings (SSSR count). The lowest BCUT2D eigenvalue weighted by Gasteiger charge is -2.22. The van der Waals surface area contributed by atoms with Gasteiger partial charge in [-0.15, -0.1) is 12.4 Å². The summed E-state index contributed by atoms with van der Waals surface area (Å²) in [6.45, 7) is 3.04. The van der Waals surface area contributed by atoms with Crippen LogP contribution in [-0.4, -0.2) is 30.4 Å². The molecule has 2 aliphatic rings. The fourth-order valence-electron chi connectivity index (χ4n) is 3.04. The van der Waals surface area contributed by atoms with Gasteiger partial charge >= 0.3 is 0 Å². The number of nitrogens with zero attached hydrogens (tertiary/aromatic N) is 1. The third-order valence-electron chi connectivity index (χ3n) is 4.11. The van der Waals surface area contributed by atoms with Gasteiger partial charge in [0.2, 0.25) is 5.91 Å². The summed E-state index contributed by atoms with van der Waals surface area (Å²) >= 11 is 0. The van der Waals surface area contributed by atoms with E-state index in [-0.39, 0.29) is 29.5 Å². The van der Waals surface area contributed by atoms with Gasteiger partial charge in [0.05, 0.1) is 5.41 Å². The van der Waals surface area contributed by atoms with Gasteiger partial charge in [-0.2, -0.15) is 0 Å². The van der Waals surface area contributed by atoms with Gasteiger partial charge in [0, 0.05) is 19.6 Å². The molecule has 1 amide bonds. The van der Waals surface area contributed by atoms with Crippen LogP contribution in [0.1, 0.15) is 18.4 Å². The van der Waals surface area contributed by atoms with Crippen molar-refractivity contribution in [2.45, 2.75) is 19.4 Å². The third-order valence-corrected chi connectivity index (χ3v) is 4.11. The molecule has 19 heavy (non-hydrogen) atoms. The van der Waals surface area contributed by atoms with Gasteiger partial charge in [-0.3, -0.25) is 4.79 Å². The topological polar surface area (TPSA) is 32.3 Å². The molecular weight excluding hydrogens is 267 g/mol. The monoisotopic (exact) mass is 284 g/mol. The van der Waals surface area contributed by atoms with E-state index in [1.807, 2.05) is 11.0 Å². The second-order valence-corrected chi connectivity index (χ2v) is 5.31. The van der Waals surface area contributed by atoms with Crippen LogP contribution < -0.4 is 5.32 Å². The van der Waals surface area contributed by atoms with E-state index in [1.165, 1.54) is 12.1 Å². The van der Waals surface area contributed by atoms with Crippen LogP contribution in [0.4, 0.5) is 4.39 Å². The minimum atomic E-state index is -0.239. The Kier molecular flexibility index (Phi) is 4.11. The summed E-state index contributed by atoms with van der Waals surface area (Å²) in [5, 5.41) is 3.27. The standard InChI is InChI=1S/C14H17FN2O.ClH/c15-12-3-1-2-11(8-12)9-17-7-5-14(13(17)18)4-6-16-10-14;/h1-3,8,16H,4-7,9-10H2;1H. The van der Waals surface area contributed by atoms with Gasteiger partial charge in [0.1, 0.15) is 5.82 Å². The number of benzene rings is 1. The van der Waals surface area contributed by atoms with Crippen molar-refractivity contribution in [1.29, 1.82) is 0 Å². The fourth-order valence-corrected chi connectivity index (χ4v) is 3.04. The van der Waals surface area contributed by atoms with E-state index in [0.717, 1.165) is 38.0 Å². The number of halogens is 2. The maximum atomic E-state index is 13.1. The zero-order chi connectivity index (χ0) is 12.6. The summed E-state index contributed by atoms with van der Waals surface area (Å²) in [5.41, 5.74) is 0.694. The van der Waals surface area contributed by atoms with Crippen molar-refractivity contribution >= 4 is 18.3 Å². The normalized spacial score (nSPS) is 25.9. The Morgan fingerprint density at radius 1 is 1.37 bits per heavy atom. The molecule has 1 N–H and O–H groups in total. The highest BCUT2D eigenvalue weighted by molar-refractivity contribution is 5.85. The number of hydrogen-bond donors (Lipinski definition) is 1. The molecule has 2 heterocycles. The number of carbonyl (C=O) groups excluding carboxylic acids is 1. The van der Waals surface area contributed by atoms with Crippen molar-refractivity contribution < 1.29 is 9.18 Å². The van der Waals surface area contributed by atoms with Crippen molar-refractivity contribution in [3.05, 3.63) is 35.6 Å². The first kappa shape index (κ1) is 14.3. The summed E-state index contributed by atoms with van der Waals surface area (Å²) < 4.78 is 13.1. The second-order valence-electron chi connectivity index (χ2n) is 5.31. The van der Waals surface area contributed by atoms with Crippen LogP contribution in [0, 0.1) is 11.2 Å². The summed E-state index contributed by atoms with van der Waals surface area (Å²) in [6, 6.07) is 6.50. The summed E-state index contributed by atoms with van der Waals surface area (Å²) in [7, 11) is 0. The van der Waals surface area contributed by atoms with E-state index in [2.05, 4.69) is 5.32 Å². The zero-order valence-corrected chi connectivity index (χ0v) is 11.5. The van der Waals surface area contributed by atoms with E-state index in [9.17, 15) is 9.18 Å². The summed E-state index contributed by atoms with van der Waals surface area (Å²) in [6.07, 6.45) is 1.86.